The number of benzene rings is 1. The molecule has 6 nitrogen and oxygen atoms in total. The van der Waals surface area contributed by atoms with E-state index in [4.69, 9.17) is 14.2 Å². The minimum absolute atomic E-state index is 0.244. The van der Waals surface area contributed by atoms with E-state index in [-0.39, 0.29) is 13.2 Å². The number of hydrogen-bond donors (Lipinski definition) is 3. The average Bonchev–Trinajstić information content (AvgIpc) is 2.48. The van der Waals surface area contributed by atoms with Crippen molar-refractivity contribution in [3.8, 4) is 0 Å². The van der Waals surface area contributed by atoms with Gasteiger partial charge in [-0.2, -0.15) is 0 Å². The lowest BCUT2D eigenvalue weighted by molar-refractivity contribution is -0.303. The Labute approximate surface area is 117 Å². The van der Waals surface area contributed by atoms with Gasteiger partial charge in [-0.05, 0) is 5.56 Å². The summed E-state index contributed by atoms with van der Waals surface area (Å²) in [5.74, 6) is 0. The van der Waals surface area contributed by atoms with Crippen LogP contribution >= 0.6 is 0 Å². The summed E-state index contributed by atoms with van der Waals surface area (Å²) >= 11 is 0. The number of aliphatic hydroxyl groups excluding tert-OH is 3. The smallest absolute Gasteiger partial charge is 0.186 e. The van der Waals surface area contributed by atoms with E-state index in [2.05, 4.69) is 0 Å². The van der Waals surface area contributed by atoms with Gasteiger partial charge in [-0.15, -0.1) is 0 Å². The second-order valence-corrected chi connectivity index (χ2v) is 4.70. The molecular formula is C14H20O6. The number of aliphatic hydroxyl groups is 3. The Morgan fingerprint density at radius 2 is 1.85 bits per heavy atom. The minimum Gasteiger partial charge on any atom is -0.394 e. The van der Waals surface area contributed by atoms with Crippen molar-refractivity contribution in [3.05, 3.63) is 35.9 Å². The topological polar surface area (TPSA) is 88.4 Å². The first kappa shape index (κ1) is 15.4. The normalized spacial score (nSPS) is 34.1. The van der Waals surface area contributed by atoms with Gasteiger partial charge in [-0.3, -0.25) is 0 Å². The Hall–Kier alpha value is -1.02. The molecule has 1 aromatic carbocycles. The van der Waals surface area contributed by atoms with Crippen molar-refractivity contribution in [1.82, 2.24) is 0 Å². The summed E-state index contributed by atoms with van der Waals surface area (Å²) in [6.45, 7) is -0.132. The van der Waals surface area contributed by atoms with Gasteiger partial charge < -0.3 is 29.5 Å². The number of methoxy groups -OCH3 is 1. The number of hydrogen-bond acceptors (Lipinski definition) is 6. The standard InChI is InChI=1S/C14H20O6/c1-18-14-12(17)13(11(16)10(7-15)20-14)19-8-9-5-3-2-4-6-9/h2-6,10-17H,7-8H2,1H3/t10-,11-,12-,13-,14+/m1/s1. The number of rotatable bonds is 5. The van der Waals surface area contributed by atoms with Crippen LogP contribution in [0.5, 0.6) is 0 Å². The summed E-state index contributed by atoms with van der Waals surface area (Å²) in [5.41, 5.74) is 0.924. The van der Waals surface area contributed by atoms with Crippen LogP contribution in [0.1, 0.15) is 5.56 Å². The second-order valence-electron chi connectivity index (χ2n) is 4.70. The molecule has 1 heterocycles. The molecule has 2 rings (SSSR count). The highest BCUT2D eigenvalue weighted by Gasteiger charge is 2.45. The molecule has 1 aromatic rings. The van der Waals surface area contributed by atoms with E-state index in [1.807, 2.05) is 30.3 Å². The van der Waals surface area contributed by atoms with Crippen molar-refractivity contribution in [2.24, 2.45) is 0 Å². The van der Waals surface area contributed by atoms with Gasteiger partial charge in [0.2, 0.25) is 0 Å². The maximum absolute atomic E-state index is 10.1. The van der Waals surface area contributed by atoms with E-state index in [9.17, 15) is 15.3 Å². The van der Waals surface area contributed by atoms with E-state index < -0.39 is 30.7 Å². The van der Waals surface area contributed by atoms with Crippen LogP contribution in [0, 0.1) is 0 Å². The summed E-state index contributed by atoms with van der Waals surface area (Å²) in [6.07, 6.45) is -4.90. The highest BCUT2D eigenvalue weighted by atomic mass is 16.7. The van der Waals surface area contributed by atoms with Crippen LogP contribution in [0.3, 0.4) is 0 Å². The van der Waals surface area contributed by atoms with Crippen molar-refractivity contribution in [2.45, 2.75) is 37.3 Å². The first-order chi connectivity index (χ1) is 9.67. The molecule has 0 spiro atoms. The van der Waals surface area contributed by atoms with E-state index in [1.54, 1.807) is 0 Å². The zero-order chi connectivity index (χ0) is 14.5. The Balaban J connectivity index is 2.02. The molecule has 6 heteroatoms. The van der Waals surface area contributed by atoms with Gasteiger partial charge in [0.25, 0.3) is 0 Å². The van der Waals surface area contributed by atoms with Crippen molar-refractivity contribution in [2.75, 3.05) is 13.7 Å². The van der Waals surface area contributed by atoms with Crippen LogP contribution in [0.4, 0.5) is 0 Å². The maximum Gasteiger partial charge on any atom is 0.186 e. The molecule has 0 amide bonds. The van der Waals surface area contributed by atoms with Crippen LogP contribution in [0.2, 0.25) is 0 Å². The summed E-state index contributed by atoms with van der Waals surface area (Å²) in [5, 5.41) is 29.3. The SMILES string of the molecule is CO[C@H]1O[C@H](CO)[C@@H](O)[C@@H](OCc2ccccc2)[C@H]1O. The zero-order valence-electron chi connectivity index (χ0n) is 11.3. The van der Waals surface area contributed by atoms with Gasteiger partial charge in [0.1, 0.15) is 24.4 Å². The number of ether oxygens (including phenoxy) is 3. The lowest BCUT2D eigenvalue weighted by Crippen LogP contribution is -2.59. The Bertz CT molecular complexity index is 382. The molecule has 1 aliphatic rings. The maximum atomic E-state index is 10.1. The zero-order valence-corrected chi connectivity index (χ0v) is 11.3. The van der Waals surface area contributed by atoms with Gasteiger partial charge in [-0.25, -0.2) is 0 Å². The Morgan fingerprint density at radius 3 is 2.45 bits per heavy atom. The van der Waals surface area contributed by atoms with Gasteiger partial charge in [0, 0.05) is 7.11 Å². The Morgan fingerprint density at radius 1 is 1.15 bits per heavy atom. The quantitative estimate of drug-likeness (QED) is 0.685. The van der Waals surface area contributed by atoms with Crippen molar-refractivity contribution in [1.29, 1.82) is 0 Å². The third-order valence-electron chi connectivity index (χ3n) is 3.34. The highest BCUT2D eigenvalue weighted by Crippen LogP contribution is 2.24. The predicted octanol–water partition coefficient (Wildman–Crippen LogP) is -0.343. The Kier molecular flexibility index (Phi) is 5.47. The molecule has 1 aliphatic heterocycles. The third-order valence-corrected chi connectivity index (χ3v) is 3.34. The first-order valence-electron chi connectivity index (χ1n) is 6.48. The summed E-state index contributed by atoms with van der Waals surface area (Å²) < 4.78 is 15.8. The largest absolute Gasteiger partial charge is 0.394 e. The lowest BCUT2D eigenvalue weighted by Gasteiger charge is -2.41. The lowest BCUT2D eigenvalue weighted by atomic mass is 9.99. The molecule has 1 saturated heterocycles. The molecule has 0 radical (unpaired) electrons. The van der Waals surface area contributed by atoms with Crippen molar-refractivity contribution >= 4 is 0 Å². The molecular weight excluding hydrogens is 264 g/mol. The van der Waals surface area contributed by atoms with Gasteiger partial charge in [0.05, 0.1) is 13.2 Å². The van der Waals surface area contributed by atoms with Crippen molar-refractivity contribution in [3.63, 3.8) is 0 Å². The molecule has 0 aliphatic carbocycles. The molecule has 0 saturated carbocycles. The van der Waals surface area contributed by atoms with E-state index in [0.717, 1.165) is 5.56 Å². The fourth-order valence-electron chi connectivity index (χ4n) is 2.21. The highest BCUT2D eigenvalue weighted by molar-refractivity contribution is 5.13. The van der Waals surface area contributed by atoms with E-state index in [0.29, 0.717) is 0 Å². The summed E-state index contributed by atoms with van der Waals surface area (Å²) in [7, 11) is 1.38. The van der Waals surface area contributed by atoms with Gasteiger partial charge >= 0.3 is 0 Å². The van der Waals surface area contributed by atoms with E-state index in [1.165, 1.54) is 7.11 Å². The van der Waals surface area contributed by atoms with Crippen LogP contribution in [0.25, 0.3) is 0 Å². The predicted molar refractivity (Wildman–Crippen MR) is 69.8 cm³/mol. The molecule has 5 atom stereocenters. The van der Waals surface area contributed by atoms with Gasteiger partial charge in [-0.1, -0.05) is 30.3 Å². The third kappa shape index (κ3) is 3.35. The summed E-state index contributed by atoms with van der Waals surface area (Å²) in [6, 6.07) is 9.42. The fourth-order valence-corrected chi connectivity index (χ4v) is 2.21. The fraction of sp³-hybridized carbons (Fsp3) is 0.571. The van der Waals surface area contributed by atoms with Crippen LogP contribution < -0.4 is 0 Å². The molecule has 0 unspecified atom stereocenters. The molecule has 0 aromatic heterocycles. The second kappa shape index (κ2) is 7.12. The molecule has 1 fully saturated rings. The first-order valence-corrected chi connectivity index (χ1v) is 6.48. The van der Waals surface area contributed by atoms with Crippen LogP contribution in [-0.2, 0) is 20.8 Å². The van der Waals surface area contributed by atoms with Crippen molar-refractivity contribution < 1.29 is 29.5 Å². The summed E-state index contributed by atoms with van der Waals surface area (Å²) in [4.78, 5) is 0. The van der Waals surface area contributed by atoms with Crippen LogP contribution in [0.15, 0.2) is 30.3 Å². The molecule has 3 N–H and O–H groups in total. The van der Waals surface area contributed by atoms with Gasteiger partial charge in [0.15, 0.2) is 6.29 Å². The monoisotopic (exact) mass is 284 g/mol. The van der Waals surface area contributed by atoms with E-state index >= 15 is 0 Å². The van der Waals surface area contributed by atoms with Crippen LogP contribution in [-0.4, -0.2) is 59.7 Å². The average molecular weight is 284 g/mol. The molecule has 0 bridgehead atoms. The molecule has 112 valence electrons. The molecule has 20 heavy (non-hydrogen) atoms. The minimum atomic E-state index is -1.12.